The van der Waals surface area contributed by atoms with Gasteiger partial charge in [-0.3, -0.25) is 4.79 Å². The summed E-state index contributed by atoms with van der Waals surface area (Å²) in [5.74, 6) is -1.24. The van der Waals surface area contributed by atoms with E-state index < -0.39 is 35.5 Å². The molecule has 0 radical (unpaired) electrons. The van der Waals surface area contributed by atoms with Crippen molar-refractivity contribution in [1.82, 2.24) is 10.4 Å². The maximum atomic E-state index is 13.7. The summed E-state index contributed by atoms with van der Waals surface area (Å²) < 4.78 is 1.44. The number of hydroxylamine groups is 2. The second kappa shape index (κ2) is 11.7. The summed E-state index contributed by atoms with van der Waals surface area (Å²) in [6.07, 6.45) is -0.981. The van der Waals surface area contributed by atoms with Crippen LogP contribution in [0.25, 0.3) is 0 Å². The van der Waals surface area contributed by atoms with Crippen molar-refractivity contribution in [1.29, 1.82) is 0 Å². The number of hydrogen-bond acceptors (Lipinski definition) is 6. The maximum absolute atomic E-state index is 13.7. The molecular formula is C24H24Br2N2O5S2. The topological polar surface area (TPSA) is 95.9 Å². The number of halogens is 2. The zero-order valence-corrected chi connectivity index (χ0v) is 24.0. The van der Waals surface area contributed by atoms with E-state index in [0.29, 0.717) is 9.75 Å². The molecule has 11 heteroatoms. The molecule has 2 amide bonds. The van der Waals surface area contributed by atoms with E-state index in [4.69, 9.17) is 4.84 Å². The number of amides is 2. The molecule has 1 aromatic carbocycles. The molecule has 186 valence electrons. The van der Waals surface area contributed by atoms with Crippen molar-refractivity contribution < 1.29 is 24.3 Å². The third kappa shape index (κ3) is 7.39. The first-order valence-electron chi connectivity index (χ1n) is 10.5. The van der Waals surface area contributed by atoms with Crippen LogP contribution < -0.4 is 5.32 Å². The fourth-order valence-electron chi connectivity index (χ4n) is 3.56. The van der Waals surface area contributed by atoms with E-state index in [2.05, 4.69) is 37.2 Å². The molecule has 35 heavy (non-hydrogen) atoms. The van der Waals surface area contributed by atoms with Crippen molar-refractivity contribution in [2.45, 2.75) is 39.3 Å². The van der Waals surface area contributed by atoms with Crippen LogP contribution in [-0.4, -0.2) is 40.2 Å². The zero-order valence-electron chi connectivity index (χ0n) is 19.2. The molecule has 2 N–H and O–H groups in total. The largest absolute Gasteiger partial charge is 0.465 e. The van der Waals surface area contributed by atoms with Gasteiger partial charge in [0.25, 0.3) is 5.91 Å². The molecule has 2 heterocycles. The predicted octanol–water partition coefficient (Wildman–Crippen LogP) is 6.84. The van der Waals surface area contributed by atoms with E-state index in [0.717, 1.165) is 19.6 Å². The van der Waals surface area contributed by atoms with E-state index in [-0.39, 0.29) is 6.42 Å². The van der Waals surface area contributed by atoms with Crippen LogP contribution in [0.2, 0.25) is 0 Å². The molecule has 0 saturated carbocycles. The average Bonchev–Trinajstić information content (AvgIpc) is 3.42. The van der Waals surface area contributed by atoms with Gasteiger partial charge in [0.1, 0.15) is 4.88 Å². The van der Waals surface area contributed by atoms with Crippen LogP contribution in [-0.2, 0) is 11.3 Å². The molecule has 7 nitrogen and oxygen atoms in total. The quantitative estimate of drug-likeness (QED) is 0.275. The number of hydrogen-bond donors (Lipinski definition) is 2. The Hall–Kier alpha value is -2.21. The third-order valence-corrected chi connectivity index (χ3v) is 8.46. The summed E-state index contributed by atoms with van der Waals surface area (Å²) in [5, 5.41) is 16.7. The van der Waals surface area contributed by atoms with E-state index in [1.165, 1.54) is 22.7 Å². The van der Waals surface area contributed by atoms with Crippen LogP contribution in [0.3, 0.4) is 0 Å². The van der Waals surface area contributed by atoms with Crippen molar-refractivity contribution in [3.63, 3.8) is 0 Å². The molecule has 0 aliphatic heterocycles. The number of carbonyl (C=O) groups excluding carboxylic acids is 2. The van der Waals surface area contributed by atoms with Crippen molar-refractivity contribution in [3.8, 4) is 0 Å². The Morgan fingerprint density at radius 2 is 1.60 bits per heavy atom. The molecule has 2 aromatic heterocycles. The SMILES string of the molecule is CC(C)(C)C(NC(=O)O)C(Cc1ccccc1)N(OC(=O)c1cc(Br)cs1)C(=O)c1cc(Br)cs1. The Morgan fingerprint density at radius 3 is 2.09 bits per heavy atom. The molecular weight excluding hydrogens is 620 g/mol. The lowest BCUT2D eigenvalue weighted by Gasteiger charge is -2.41. The summed E-state index contributed by atoms with van der Waals surface area (Å²) in [4.78, 5) is 45.0. The first-order chi connectivity index (χ1) is 16.5. The van der Waals surface area contributed by atoms with Crippen molar-refractivity contribution >= 4 is 72.5 Å². The molecule has 0 bridgehead atoms. The number of rotatable bonds is 7. The van der Waals surface area contributed by atoms with Crippen LogP contribution in [0.1, 0.15) is 45.7 Å². The van der Waals surface area contributed by atoms with Gasteiger partial charge in [0, 0.05) is 19.7 Å². The van der Waals surface area contributed by atoms with Gasteiger partial charge < -0.3 is 15.3 Å². The van der Waals surface area contributed by atoms with Crippen LogP contribution in [0, 0.1) is 5.41 Å². The Bertz CT molecular complexity index is 1190. The van der Waals surface area contributed by atoms with E-state index in [1.54, 1.807) is 22.9 Å². The molecule has 0 aliphatic rings. The first kappa shape index (κ1) is 27.4. The van der Waals surface area contributed by atoms with Gasteiger partial charge >= 0.3 is 12.1 Å². The van der Waals surface area contributed by atoms with Gasteiger partial charge in [-0.05, 0) is 61.4 Å². The van der Waals surface area contributed by atoms with Gasteiger partial charge in [-0.25, -0.2) is 9.59 Å². The molecule has 0 saturated heterocycles. The van der Waals surface area contributed by atoms with Gasteiger partial charge in [-0.2, -0.15) is 5.06 Å². The molecule has 3 aromatic rings. The number of carbonyl (C=O) groups is 3. The van der Waals surface area contributed by atoms with Crippen LogP contribution in [0.5, 0.6) is 0 Å². The highest BCUT2D eigenvalue weighted by Crippen LogP contribution is 2.31. The summed E-state index contributed by atoms with van der Waals surface area (Å²) in [7, 11) is 0. The molecule has 0 fully saturated rings. The van der Waals surface area contributed by atoms with Crippen LogP contribution >= 0.6 is 54.5 Å². The van der Waals surface area contributed by atoms with Gasteiger partial charge in [-0.1, -0.05) is 51.1 Å². The normalized spacial score (nSPS) is 13.1. The predicted molar refractivity (Wildman–Crippen MR) is 144 cm³/mol. The Kier molecular flexibility index (Phi) is 9.14. The Balaban J connectivity index is 2.11. The third-order valence-electron chi connectivity index (χ3n) is 5.11. The summed E-state index contributed by atoms with van der Waals surface area (Å²) >= 11 is 9.07. The van der Waals surface area contributed by atoms with E-state index in [1.807, 2.05) is 51.1 Å². The highest BCUT2D eigenvalue weighted by atomic mass is 79.9. The lowest BCUT2D eigenvalue weighted by molar-refractivity contribution is -0.118. The molecule has 2 atom stereocenters. The molecule has 0 spiro atoms. The van der Waals surface area contributed by atoms with Crippen molar-refractivity contribution in [3.05, 3.63) is 77.5 Å². The van der Waals surface area contributed by atoms with Crippen LogP contribution in [0.15, 0.2) is 62.2 Å². The van der Waals surface area contributed by atoms with Gasteiger partial charge in [0.05, 0.1) is 17.0 Å². The maximum Gasteiger partial charge on any atom is 0.404 e. The van der Waals surface area contributed by atoms with Crippen molar-refractivity contribution in [2.24, 2.45) is 5.41 Å². The zero-order chi connectivity index (χ0) is 25.8. The van der Waals surface area contributed by atoms with E-state index >= 15 is 0 Å². The Morgan fingerprint density at radius 1 is 1.03 bits per heavy atom. The number of thiophene rings is 2. The fourth-order valence-corrected chi connectivity index (χ4v) is 6.21. The standard InChI is InChI=1S/C24H24Br2N2O5S2/c1-24(2,3)20(27-23(31)32)17(9-14-7-5-4-6-8-14)28(21(29)18-10-15(25)12-34-18)33-22(30)19-11-16(26)13-35-19/h4-8,10-13,17,20,27H,9H2,1-3H3,(H,31,32). The minimum absolute atomic E-state index is 0.253. The molecule has 0 aliphatic carbocycles. The smallest absolute Gasteiger partial charge is 0.404 e. The van der Waals surface area contributed by atoms with Gasteiger partial charge in [0.2, 0.25) is 0 Å². The number of carboxylic acid groups (broad SMARTS) is 1. The summed E-state index contributed by atoms with van der Waals surface area (Å²) in [6.45, 7) is 5.61. The Labute approximate surface area is 228 Å². The number of nitrogens with one attached hydrogen (secondary N) is 1. The fraction of sp³-hybridized carbons (Fsp3) is 0.292. The molecule has 2 unspecified atom stereocenters. The lowest BCUT2D eigenvalue weighted by atomic mass is 9.80. The highest BCUT2D eigenvalue weighted by Gasteiger charge is 2.42. The first-order valence-corrected chi connectivity index (χ1v) is 13.9. The highest BCUT2D eigenvalue weighted by molar-refractivity contribution is 9.10. The minimum Gasteiger partial charge on any atom is -0.465 e. The monoisotopic (exact) mass is 642 g/mol. The second-order valence-electron chi connectivity index (χ2n) is 8.82. The van der Waals surface area contributed by atoms with Crippen LogP contribution in [0.4, 0.5) is 4.79 Å². The van der Waals surface area contributed by atoms with Gasteiger partial charge in [0.15, 0.2) is 0 Å². The minimum atomic E-state index is -1.23. The summed E-state index contributed by atoms with van der Waals surface area (Å²) in [6, 6.07) is 11.0. The number of nitrogens with zero attached hydrogens (tertiary/aromatic N) is 1. The molecule has 3 rings (SSSR count). The average molecular weight is 644 g/mol. The van der Waals surface area contributed by atoms with E-state index in [9.17, 15) is 19.5 Å². The second-order valence-corrected chi connectivity index (χ2v) is 12.5. The van der Waals surface area contributed by atoms with Crippen molar-refractivity contribution in [2.75, 3.05) is 0 Å². The number of benzene rings is 1. The lowest BCUT2D eigenvalue weighted by Crippen LogP contribution is -2.59. The summed E-state index contributed by atoms with van der Waals surface area (Å²) in [5.41, 5.74) is 0.240. The van der Waals surface area contributed by atoms with Gasteiger partial charge in [-0.15, -0.1) is 22.7 Å².